The van der Waals surface area contributed by atoms with Gasteiger partial charge in [0.25, 0.3) is 0 Å². The Morgan fingerprint density at radius 1 is 1.43 bits per heavy atom. The largest absolute Gasteiger partial charge is 0.465 e. The van der Waals surface area contributed by atoms with Crippen LogP contribution in [0.2, 0.25) is 0 Å². The van der Waals surface area contributed by atoms with Crippen molar-refractivity contribution in [3.05, 3.63) is 12.7 Å². The van der Waals surface area contributed by atoms with Gasteiger partial charge in [-0.15, -0.1) is 6.58 Å². The summed E-state index contributed by atoms with van der Waals surface area (Å²) in [6.07, 6.45) is -0.0737. The number of rotatable bonds is 5. The fourth-order valence-electron chi connectivity index (χ4n) is 2.11. The minimum Gasteiger partial charge on any atom is -0.465 e. The van der Waals surface area contributed by atoms with Crippen LogP contribution in [0.5, 0.6) is 0 Å². The molecule has 1 fully saturated rings. The van der Waals surface area contributed by atoms with Crippen molar-refractivity contribution < 1.29 is 24.1 Å². The van der Waals surface area contributed by atoms with Gasteiger partial charge in [-0.3, -0.25) is 4.79 Å². The Bertz CT molecular complexity index is 383. The zero-order chi connectivity index (χ0) is 16.4. The van der Waals surface area contributed by atoms with E-state index in [0.717, 1.165) is 0 Å². The van der Waals surface area contributed by atoms with Gasteiger partial charge in [-0.2, -0.15) is 0 Å². The van der Waals surface area contributed by atoms with Crippen molar-refractivity contribution in [2.45, 2.75) is 65.6 Å². The Kier molecular flexibility index (Phi) is 5.58. The number of carbonyl (C=O) groups excluding carboxylic acids is 1. The van der Waals surface area contributed by atoms with Crippen LogP contribution in [0, 0.1) is 11.3 Å². The van der Waals surface area contributed by atoms with Crippen molar-refractivity contribution in [1.82, 2.24) is 0 Å². The van der Waals surface area contributed by atoms with Crippen LogP contribution < -0.4 is 0 Å². The highest BCUT2D eigenvalue weighted by atomic mass is 16.8. The van der Waals surface area contributed by atoms with Gasteiger partial charge in [-0.05, 0) is 34.6 Å². The van der Waals surface area contributed by atoms with E-state index in [9.17, 15) is 9.90 Å². The third-order valence-electron chi connectivity index (χ3n) is 3.41. The molecule has 0 saturated carbocycles. The lowest BCUT2D eigenvalue weighted by Crippen LogP contribution is -2.41. The quantitative estimate of drug-likeness (QED) is 0.623. The van der Waals surface area contributed by atoms with Gasteiger partial charge in [0, 0.05) is 5.92 Å². The van der Waals surface area contributed by atoms with Gasteiger partial charge in [0.1, 0.15) is 12.2 Å². The molecule has 5 nitrogen and oxygen atoms in total. The zero-order valence-corrected chi connectivity index (χ0v) is 13.9. The summed E-state index contributed by atoms with van der Waals surface area (Å²) in [5.41, 5.74) is -0.552. The van der Waals surface area contributed by atoms with Crippen LogP contribution in [0.1, 0.15) is 41.5 Å². The lowest BCUT2D eigenvalue weighted by Gasteiger charge is -2.27. The van der Waals surface area contributed by atoms with Gasteiger partial charge in [-0.25, -0.2) is 0 Å². The van der Waals surface area contributed by atoms with Crippen molar-refractivity contribution >= 4 is 5.97 Å². The highest BCUT2D eigenvalue weighted by Crippen LogP contribution is 2.32. The van der Waals surface area contributed by atoms with E-state index in [2.05, 4.69) is 6.58 Å². The summed E-state index contributed by atoms with van der Waals surface area (Å²) >= 11 is 0. The molecule has 4 atom stereocenters. The summed E-state index contributed by atoms with van der Waals surface area (Å²) in [7, 11) is 0. The topological polar surface area (TPSA) is 65.0 Å². The normalized spacial score (nSPS) is 28.0. The summed E-state index contributed by atoms with van der Waals surface area (Å²) in [6.45, 7) is 14.6. The Hall–Kier alpha value is -0.910. The smallest absolute Gasteiger partial charge is 0.311 e. The molecular formula is C16H28O5. The maximum atomic E-state index is 11.8. The first-order valence-corrected chi connectivity index (χ1v) is 7.31. The molecule has 1 N–H and O–H groups in total. The van der Waals surface area contributed by atoms with Gasteiger partial charge in [0.05, 0.1) is 18.1 Å². The number of aliphatic hydroxyl groups excluding tert-OH is 1. The summed E-state index contributed by atoms with van der Waals surface area (Å²) < 4.78 is 16.6. The third kappa shape index (κ3) is 4.80. The molecule has 0 unspecified atom stereocenters. The average Bonchev–Trinajstić information content (AvgIpc) is 2.68. The predicted octanol–water partition coefficient (Wildman–Crippen LogP) is 2.28. The van der Waals surface area contributed by atoms with Crippen molar-refractivity contribution in [1.29, 1.82) is 0 Å². The van der Waals surface area contributed by atoms with Crippen LogP contribution in [0.15, 0.2) is 12.7 Å². The van der Waals surface area contributed by atoms with Crippen molar-refractivity contribution in [2.24, 2.45) is 11.3 Å². The molecule has 1 aliphatic rings. The van der Waals surface area contributed by atoms with Crippen molar-refractivity contribution in [3.8, 4) is 0 Å². The molecule has 0 spiro atoms. The fourth-order valence-corrected chi connectivity index (χ4v) is 2.11. The lowest BCUT2D eigenvalue weighted by atomic mass is 9.95. The van der Waals surface area contributed by atoms with E-state index < -0.39 is 23.4 Å². The Balaban J connectivity index is 2.60. The molecule has 0 aromatic carbocycles. The summed E-state index contributed by atoms with van der Waals surface area (Å²) in [6, 6.07) is 0. The van der Waals surface area contributed by atoms with E-state index in [-0.39, 0.29) is 24.6 Å². The van der Waals surface area contributed by atoms with Crippen LogP contribution >= 0.6 is 0 Å². The van der Waals surface area contributed by atoms with Gasteiger partial charge < -0.3 is 19.3 Å². The maximum absolute atomic E-state index is 11.8. The van der Waals surface area contributed by atoms with E-state index in [4.69, 9.17) is 14.2 Å². The molecule has 0 bridgehead atoms. The number of esters is 1. The van der Waals surface area contributed by atoms with E-state index in [1.807, 2.05) is 6.92 Å². The summed E-state index contributed by atoms with van der Waals surface area (Å²) in [5, 5.41) is 10.4. The van der Waals surface area contributed by atoms with Gasteiger partial charge in [0.15, 0.2) is 5.79 Å². The van der Waals surface area contributed by atoms with Crippen LogP contribution in [0.25, 0.3) is 0 Å². The first-order valence-electron chi connectivity index (χ1n) is 7.31. The molecule has 5 heteroatoms. The highest BCUT2D eigenvalue weighted by Gasteiger charge is 2.45. The Labute approximate surface area is 127 Å². The lowest BCUT2D eigenvalue weighted by molar-refractivity contribution is -0.164. The maximum Gasteiger partial charge on any atom is 0.311 e. The van der Waals surface area contributed by atoms with Gasteiger partial charge in [-0.1, -0.05) is 13.0 Å². The number of hydrogen-bond donors (Lipinski definition) is 1. The molecule has 1 rings (SSSR count). The van der Waals surface area contributed by atoms with Crippen LogP contribution in [0.4, 0.5) is 0 Å². The molecular weight excluding hydrogens is 272 g/mol. The fraction of sp³-hybridized carbons (Fsp3) is 0.812. The van der Waals surface area contributed by atoms with E-state index in [0.29, 0.717) is 0 Å². The number of hydrogen-bond acceptors (Lipinski definition) is 5. The van der Waals surface area contributed by atoms with Gasteiger partial charge in [0.2, 0.25) is 0 Å². The standard InChI is InChI=1S/C16H28O5/c1-8-11-13(21-16(6,7)20-11)12(17)10(2)9-19-14(18)15(3,4)5/h8,10-13,17H,1,9H2,2-7H3/t10-,11+,12-,13-/m0/s1. The SMILES string of the molecule is C=C[C@H]1OC(C)(C)O[C@@H]1[C@@H](O)[C@@H](C)COC(=O)C(C)(C)C. The second-order valence-corrected chi connectivity index (χ2v) is 7.12. The van der Waals surface area contributed by atoms with Crippen LogP contribution in [-0.4, -0.2) is 41.8 Å². The van der Waals surface area contributed by atoms with E-state index >= 15 is 0 Å². The first kappa shape index (κ1) is 18.1. The minimum absolute atomic E-state index is 0.140. The third-order valence-corrected chi connectivity index (χ3v) is 3.41. The molecule has 21 heavy (non-hydrogen) atoms. The van der Waals surface area contributed by atoms with Crippen molar-refractivity contribution in [3.63, 3.8) is 0 Å². The molecule has 0 radical (unpaired) electrons. The zero-order valence-electron chi connectivity index (χ0n) is 13.9. The number of ether oxygens (including phenoxy) is 3. The molecule has 0 aliphatic carbocycles. The summed E-state index contributed by atoms with van der Waals surface area (Å²) in [4.78, 5) is 11.8. The molecule has 1 saturated heterocycles. The monoisotopic (exact) mass is 300 g/mol. The highest BCUT2D eigenvalue weighted by molar-refractivity contribution is 5.75. The Morgan fingerprint density at radius 2 is 2.00 bits per heavy atom. The summed E-state index contributed by atoms with van der Waals surface area (Å²) in [5.74, 6) is -1.31. The predicted molar refractivity (Wildman–Crippen MR) is 79.6 cm³/mol. The molecule has 0 aromatic heterocycles. The minimum atomic E-state index is -0.803. The molecule has 0 aromatic rings. The van der Waals surface area contributed by atoms with Gasteiger partial charge >= 0.3 is 5.97 Å². The second kappa shape index (κ2) is 6.46. The van der Waals surface area contributed by atoms with Crippen molar-refractivity contribution in [2.75, 3.05) is 6.61 Å². The van der Waals surface area contributed by atoms with Crippen LogP contribution in [-0.2, 0) is 19.0 Å². The number of carbonyl (C=O) groups is 1. The first-order chi connectivity index (χ1) is 9.48. The van der Waals surface area contributed by atoms with Crippen LogP contribution in [0.3, 0.4) is 0 Å². The molecule has 122 valence electrons. The second-order valence-electron chi connectivity index (χ2n) is 7.12. The van der Waals surface area contributed by atoms with E-state index in [1.54, 1.807) is 40.7 Å². The number of aliphatic hydroxyl groups is 1. The molecule has 1 aliphatic heterocycles. The molecule has 1 heterocycles. The van der Waals surface area contributed by atoms with E-state index in [1.165, 1.54) is 0 Å². The Morgan fingerprint density at radius 3 is 2.48 bits per heavy atom. The average molecular weight is 300 g/mol. The molecule has 0 amide bonds.